The molecule has 0 unspecified atom stereocenters. The Morgan fingerprint density at radius 2 is 2.09 bits per heavy atom. The third-order valence-electron chi connectivity index (χ3n) is 4.44. The monoisotopic (exact) mass is 362 g/mol. The quantitative estimate of drug-likeness (QED) is 0.626. The minimum Gasteiger partial charge on any atom is -0.323 e. The Hall–Kier alpha value is -1.43. The van der Waals surface area contributed by atoms with Gasteiger partial charge in [0.25, 0.3) is 5.56 Å². The van der Waals surface area contributed by atoms with E-state index in [1.54, 1.807) is 28.0 Å². The fraction of sp³-hybridized carbons (Fsp3) is 0.294. The van der Waals surface area contributed by atoms with E-state index < -0.39 is 0 Å². The summed E-state index contributed by atoms with van der Waals surface area (Å²) >= 11 is 13.1. The zero-order valence-electron chi connectivity index (χ0n) is 12.6. The van der Waals surface area contributed by atoms with E-state index in [9.17, 15) is 4.79 Å². The minimum absolute atomic E-state index is 0.0295. The van der Waals surface area contributed by atoms with Gasteiger partial charge in [-0.2, -0.15) is 0 Å². The second-order valence-electron chi connectivity index (χ2n) is 6.10. The van der Waals surface area contributed by atoms with Gasteiger partial charge < -0.3 is 4.98 Å². The molecule has 0 bridgehead atoms. The topological polar surface area (TPSA) is 37.8 Å². The molecule has 0 saturated carbocycles. The van der Waals surface area contributed by atoms with E-state index in [0.29, 0.717) is 15.7 Å². The van der Waals surface area contributed by atoms with Crippen molar-refractivity contribution in [3.63, 3.8) is 0 Å². The third-order valence-corrected chi connectivity index (χ3v) is 6.14. The summed E-state index contributed by atoms with van der Waals surface area (Å²) in [6, 6.07) is 7.18. The number of aryl methyl sites for hydroxylation is 1. The molecule has 0 radical (unpaired) electrons. The molecule has 0 aliphatic heterocycles. The van der Waals surface area contributed by atoms with Gasteiger partial charge in [-0.25, -0.2) is 0 Å². The molecule has 1 aliphatic rings. The molecule has 2 aromatic heterocycles. The number of aromatic nitrogens is 2. The van der Waals surface area contributed by atoms with Gasteiger partial charge >= 0.3 is 0 Å². The zero-order chi connectivity index (χ0) is 16.1. The maximum absolute atomic E-state index is 13.1. The first kappa shape index (κ1) is 15.1. The highest BCUT2D eigenvalue weighted by molar-refractivity contribution is 7.71. The molecule has 4 rings (SSSR count). The van der Waals surface area contributed by atoms with Crippen LogP contribution in [-0.4, -0.2) is 9.55 Å². The molecule has 1 N–H and O–H groups in total. The molecule has 0 spiro atoms. The lowest BCUT2D eigenvalue weighted by Gasteiger charge is -2.17. The first-order chi connectivity index (χ1) is 11.0. The van der Waals surface area contributed by atoms with Crippen LogP contribution in [0.3, 0.4) is 0 Å². The molecule has 118 valence electrons. The molecule has 2 heterocycles. The normalized spacial score (nSPS) is 17.4. The number of halogens is 1. The molecule has 1 atom stereocenters. The van der Waals surface area contributed by atoms with E-state index >= 15 is 0 Å². The van der Waals surface area contributed by atoms with Gasteiger partial charge in [0.05, 0.1) is 11.1 Å². The first-order valence-corrected chi connectivity index (χ1v) is 9.20. The number of aromatic amines is 1. The van der Waals surface area contributed by atoms with Crippen LogP contribution in [0.4, 0.5) is 0 Å². The number of fused-ring (bicyclic) bond motifs is 3. The van der Waals surface area contributed by atoms with Gasteiger partial charge in [0, 0.05) is 9.90 Å². The maximum atomic E-state index is 13.1. The summed E-state index contributed by atoms with van der Waals surface area (Å²) < 4.78 is 2.00. The van der Waals surface area contributed by atoms with Crippen molar-refractivity contribution in [3.8, 4) is 5.69 Å². The SMILES string of the molecule is C[C@H]1CCc2c(sc3[nH]c(=S)n(-c4ccc(Cl)cc4)c(=O)c23)C1. The number of nitrogens with one attached hydrogen (secondary N) is 1. The largest absolute Gasteiger partial charge is 0.323 e. The Balaban J connectivity index is 2.02. The molecule has 1 aromatic carbocycles. The lowest BCUT2D eigenvalue weighted by molar-refractivity contribution is 0.509. The molecular weight excluding hydrogens is 348 g/mol. The van der Waals surface area contributed by atoms with Crippen LogP contribution >= 0.6 is 35.2 Å². The number of rotatable bonds is 1. The predicted octanol–water partition coefficient (Wildman–Crippen LogP) is 4.89. The van der Waals surface area contributed by atoms with Crippen molar-refractivity contribution < 1.29 is 0 Å². The highest BCUT2D eigenvalue weighted by Crippen LogP contribution is 2.35. The van der Waals surface area contributed by atoms with Gasteiger partial charge in [-0.1, -0.05) is 18.5 Å². The number of hydrogen-bond donors (Lipinski definition) is 1. The molecule has 23 heavy (non-hydrogen) atoms. The minimum atomic E-state index is -0.0295. The van der Waals surface area contributed by atoms with Crippen LogP contribution in [-0.2, 0) is 12.8 Å². The summed E-state index contributed by atoms with van der Waals surface area (Å²) in [5, 5.41) is 1.44. The molecular formula is C17H15ClN2OS2. The number of H-pyrrole nitrogens is 1. The highest BCUT2D eigenvalue weighted by Gasteiger charge is 2.23. The average Bonchev–Trinajstić information content (AvgIpc) is 2.86. The number of hydrogen-bond acceptors (Lipinski definition) is 3. The summed E-state index contributed by atoms with van der Waals surface area (Å²) in [6.07, 6.45) is 3.15. The maximum Gasteiger partial charge on any atom is 0.267 e. The summed E-state index contributed by atoms with van der Waals surface area (Å²) in [7, 11) is 0. The Morgan fingerprint density at radius 3 is 2.83 bits per heavy atom. The van der Waals surface area contributed by atoms with Crippen molar-refractivity contribution in [2.24, 2.45) is 5.92 Å². The number of nitrogens with zero attached hydrogens (tertiary/aromatic N) is 1. The Kier molecular flexibility index (Phi) is 3.67. The average molecular weight is 363 g/mol. The van der Waals surface area contributed by atoms with Gasteiger partial charge in [-0.3, -0.25) is 9.36 Å². The molecule has 3 nitrogen and oxygen atoms in total. The summed E-state index contributed by atoms with van der Waals surface area (Å²) in [4.78, 5) is 18.6. The van der Waals surface area contributed by atoms with Gasteiger partial charge in [-0.05, 0) is 67.2 Å². The molecule has 3 aromatic rings. The van der Waals surface area contributed by atoms with E-state index in [2.05, 4.69) is 11.9 Å². The van der Waals surface area contributed by atoms with Crippen molar-refractivity contribution >= 4 is 45.4 Å². The van der Waals surface area contributed by atoms with Gasteiger partial charge in [0.15, 0.2) is 4.77 Å². The fourth-order valence-electron chi connectivity index (χ4n) is 3.25. The first-order valence-electron chi connectivity index (χ1n) is 7.60. The lowest BCUT2D eigenvalue weighted by Crippen LogP contribution is -2.21. The molecule has 0 fully saturated rings. The van der Waals surface area contributed by atoms with E-state index in [4.69, 9.17) is 23.8 Å². The van der Waals surface area contributed by atoms with E-state index in [-0.39, 0.29) is 5.56 Å². The van der Waals surface area contributed by atoms with Crippen LogP contribution in [0.2, 0.25) is 5.02 Å². The number of benzene rings is 1. The fourth-order valence-corrected chi connectivity index (χ4v) is 5.13. The molecule has 0 amide bonds. The van der Waals surface area contributed by atoms with Crippen molar-refractivity contribution in [3.05, 3.63) is 54.9 Å². The van der Waals surface area contributed by atoms with Crippen LogP contribution < -0.4 is 5.56 Å². The molecule has 0 saturated heterocycles. The Morgan fingerprint density at radius 1 is 1.35 bits per heavy atom. The summed E-state index contributed by atoms with van der Waals surface area (Å²) in [6.45, 7) is 2.27. The standard InChI is InChI=1S/C17H15ClN2OS2/c1-9-2-7-12-13(8-9)23-15-14(12)16(21)20(17(22)19-15)11-5-3-10(18)4-6-11/h3-6,9H,2,7-8H2,1H3,(H,19,22)/t9-/m0/s1. The van der Waals surface area contributed by atoms with Crippen LogP contribution in [0, 0.1) is 10.7 Å². The second kappa shape index (κ2) is 5.58. The van der Waals surface area contributed by atoms with E-state index in [1.807, 2.05) is 12.1 Å². The van der Waals surface area contributed by atoms with Crippen molar-refractivity contribution in [2.75, 3.05) is 0 Å². The van der Waals surface area contributed by atoms with Crippen LogP contribution in [0.15, 0.2) is 29.1 Å². The molecule has 6 heteroatoms. The van der Waals surface area contributed by atoms with E-state index in [0.717, 1.165) is 35.2 Å². The van der Waals surface area contributed by atoms with Gasteiger partial charge in [0.2, 0.25) is 0 Å². The predicted molar refractivity (Wildman–Crippen MR) is 98.8 cm³/mol. The summed E-state index contributed by atoms with van der Waals surface area (Å²) in [5.74, 6) is 0.678. The molecule has 1 aliphatic carbocycles. The van der Waals surface area contributed by atoms with Crippen molar-refractivity contribution in [1.82, 2.24) is 9.55 Å². The lowest BCUT2D eigenvalue weighted by atomic mass is 9.89. The van der Waals surface area contributed by atoms with E-state index in [1.165, 1.54) is 10.4 Å². The van der Waals surface area contributed by atoms with Crippen molar-refractivity contribution in [1.29, 1.82) is 0 Å². The Labute approximate surface area is 147 Å². The zero-order valence-corrected chi connectivity index (χ0v) is 14.9. The van der Waals surface area contributed by atoms with Crippen LogP contribution in [0.5, 0.6) is 0 Å². The van der Waals surface area contributed by atoms with Gasteiger partial charge in [-0.15, -0.1) is 11.3 Å². The smallest absolute Gasteiger partial charge is 0.267 e. The van der Waals surface area contributed by atoms with Gasteiger partial charge in [0.1, 0.15) is 4.83 Å². The van der Waals surface area contributed by atoms with Crippen molar-refractivity contribution in [2.45, 2.75) is 26.2 Å². The Bertz CT molecular complexity index is 1010. The summed E-state index contributed by atoms with van der Waals surface area (Å²) in [5.41, 5.74) is 1.92. The van der Waals surface area contributed by atoms with Crippen LogP contribution in [0.1, 0.15) is 23.8 Å². The third kappa shape index (κ3) is 2.47. The van der Waals surface area contributed by atoms with Crippen LogP contribution in [0.25, 0.3) is 15.9 Å². The highest BCUT2D eigenvalue weighted by atomic mass is 35.5. The number of thiophene rings is 1. The second-order valence-corrected chi connectivity index (χ2v) is 8.03.